The van der Waals surface area contributed by atoms with Crippen molar-refractivity contribution in [2.75, 3.05) is 27.3 Å². The number of carbonyl (C=O) groups is 4. The fourth-order valence-electron chi connectivity index (χ4n) is 9.54. The Balaban J connectivity index is 1.15. The van der Waals surface area contributed by atoms with E-state index in [1.165, 1.54) is 20.3 Å². The highest BCUT2D eigenvalue weighted by Gasteiger charge is 2.45. The van der Waals surface area contributed by atoms with E-state index in [4.69, 9.17) is 25.2 Å². The number of halogens is 2. The SMILES string of the molecule is CCC(CC)[C@@H](c1nc2ccc(-c3ccc4c(c3)C(F)(F)c3cc(-c5c[nH]c([C@@H]6C[C@H](N)CN6C(=O)[C@@H](NC(=O)OC)C(C)C)n5)ccc3-4)cc2[nH]1)N(CC)C(=O)[C@@H](NC(=O)OC)C(C)C. The Labute approximate surface area is 383 Å². The number of hydrogen-bond donors (Lipinski definition) is 5. The summed E-state index contributed by atoms with van der Waals surface area (Å²) in [4.78, 5) is 72.0. The van der Waals surface area contributed by atoms with Gasteiger partial charge in [-0.1, -0.05) is 84.7 Å². The molecule has 7 rings (SSSR count). The molecule has 3 aromatic carbocycles. The topological polar surface area (TPSA) is 201 Å². The lowest BCUT2D eigenvalue weighted by Gasteiger charge is -2.37. The minimum atomic E-state index is -3.32. The number of benzene rings is 3. The van der Waals surface area contributed by atoms with Gasteiger partial charge in [0.15, 0.2) is 0 Å². The summed E-state index contributed by atoms with van der Waals surface area (Å²) in [6.45, 7) is 14.1. The van der Waals surface area contributed by atoms with Gasteiger partial charge in [0.25, 0.3) is 5.92 Å². The van der Waals surface area contributed by atoms with Crippen LogP contribution in [0.1, 0.15) is 103 Å². The summed E-state index contributed by atoms with van der Waals surface area (Å²) in [6.07, 6.45) is 2.20. The predicted molar refractivity (Wildman–Crippen MR) is 247 cm³/mol. The van der Waals surface area contributed by atoms with E-state index in [2.05, 4.69) is 34.4 Å². The minimum Gasteiger partial charge on any atom is -0.453 e. The second-order valence-corrected chi connectivity index (χ2v) is 18.0. The van der Waals surface area contributed by atoms with Gasteiger partial charge >= 0.3 is 12.2 Å². The van der Waals surface area contributed by atoms with Gasteiger partial charge < -0.3 is 45.6 Å². The second-order valence-electron chi connectivity index (χ2n) is 18.0. The fraction of sp³-hybridized carbons (Fsp3) is 0.469. The van der Waals surface area contributed by atoms with Crippen LogP contribution in [0.15, 0.2) is 60.8 Å². The molecule has 6 N–H and O–H groups in total. The second kappa shape index (κ2) is 19.2. The Hall–Kier alpha value is -6.36. The van der Waals surface area contributed by atoms with E-state index in [1.807, 2.05) is 58.9 Å². The molecular formula is C49H61F2N9O6. The number of carbonyl (C=O) groups excluding carboxylic acids is 4. The van der Waals surface area contributed by atoms with E-state index in [0.717, 1.165) is 12.8 Å². The van der Waals surface area contributed by atoms with Crippen LogP contribution < -0.4 is 16.4 Å². The van der Waals surface area contributed by atoms with Crippen LogP contribution in [0.5, 0.6) is 0 Å². The number of rotatable bonds is 15. The van der Waals surface area contributed by atoms with E-state index in [9.17, 15) is 19.2 Å². The van der Waals surface area contributed by atoms with Crippen molar-refractivity contribution in [3.8, 4) is 33.5 Å². The Bertz CT molecular complexity index is 2600. The Morgan fingerprint density at radius 3 is 2.02 bits per heavy atom. The van der Waals surface area contributed by atoms with Crippen LogP contribution in [0.4, 0.5) is 18.4 Å². The number of amides is 4. The standard InChI is InChI=1S/C49H61F2N9O6/c1-10-27(11-2)42(59(12-3)45(61)40(25(4)5)57-47(63)65-8)44-54-36-18-15-29(21-37(36)55-44)28-13-16-32-33-17-14-30(20-35(33)49(50,51)34(32)19-28)38-23-53-43(56-38)39-22-31(52)24-60(39)46(62)41(26(6)7)58-48(64)66-9/h13-21,23,25-27,31,39-42H,10-12,22,24,52H2,1-9H3,(H,53,56)(H,54,55)(H,57,63)(H,58,64)/t31-,39-,40-,41-,42-/m0/s1. The van der Waals surface area contributed by atoms with E-state index in [1.54, 1.807) is 40.3 Å². The Morgan fingerprint density at radius 1 is 0.848 bits per heavy atom. The first-order valence-electron chi connectivity index (χ1n) is 22.7. The lowest BCUT2D eigenvalue weighted by molar-refractivity contribution is -0.138. The molecule has 2 aliphatic rings. The van der Waals surface area contributed by atoms with Crippen molar-refractivity contribution in [1.82, 2.24) is 40.4 Å². The van der Waals surface area contributed by atoms with Gasteiger partial charge in [-0.2, -0.15) is 8.78 Å². The molecule has 0 bridgehead atoms. The molecule has 1 fully saturated rings. The molecule has 0 saturated carbocycles. The highest BCUT2D eigenvalue weighted by Crippen LogP contribution is 2.53. The van der Waals surface area contributed by atoms with Crippen molar-refractivity contribution in [1.29, 1.82) is 0 Å². The van der Waals surface area contributed by atoms with Gasteiger partial charge in [-0.05, 0) is 77.6 Å². The van der Waals surface area contributed by atoms with Crippen molar-refractivity contribution >= 4 is 35.0 Å². The van der Waals surface area contributed by atoms with Crippen molar-refractivity contribution in [2.45, 2.75) is 104 Å². The quantitative estimate of drug-likeness (QED) is 0.0684. The molecule has 2 aromatic heterocycles. The van der Waals surface area contributed by atoms with Crippen molar-refractivity contribution in [3.63, 3.8) is 0 Å². The number of alkyl halides is 2. The van der Waals surface area contributed by atoms with Crippen molar-refractivity contribution < 1.29 is 37.4 Å². The van der Waals surface area contributed by atoms with E-state index < -0.39 is 42.3 Å². The summed E-state index contributed by atoms with van der Waals surface area (Å²) in [5.41, 5.74) is 10.5. The summed E-state index contributed by atoms with van der Waals surface area (Å²) in [5.74, 6) is -3.21. The number of likely N-dealkylation sites (N-methyl/N-ethyl adjacent to an activating group) is 1. The molecule has 17 heteroatoms. The molecule has 66 heavy (non-hydrogen) atoms. The molecule has 1 aliphatic carbocycles. The summed E-state index contributed by atoms with van der Waals surface area (Å²) < 4.78 is 42.9. The molecule has 0 spiro atoms. The number of likely N-dealkylation sites (tertiary alicyclic amines) is 1. The molecule has 4 amide bonds. The van der Waals surface area contributed by atoms with Gasteiger partial charge in [-0.3, -0.25) is 9.59 Å². The van der Waals surface area contributed by atoms with Gasteiger partial charge in [0, 0.05) is 42.0 Å². The highest BCUT2D eigenvalue weighted by molar-refractivity contribution is 5.89. The van der Waals surface area contributed by atoms with Gasteiger partial charge in [0.1, 0.15) is 23.7 Å². The van der Waals surface area contributed by atoms with Crippen LogP contribution in [0.25, 0.3) is 44.5 Å². The Morgan fingerprint density at radius 2 is 1.42 bits per heavy atom. The van der Waals surface area contributed by atoms with Crippen molar-refractivity contribution in [3.05, 3.63) is 83.6 Å². The zero-order chi connectivity index (χ0) is 47.8. The van der Waals surface area contributed by atoms with Gasteiger partial charge in [0.05, 0.1) is 43.0 Å². The molecule has 15 nitrogen and oxygen atoms in total. The van der Waals surface area contributed by atoms with Gasteiger partial charge in [-0.25, -0.2) is 19.6 Å². The fourth-order valence-corrected chi connectivity index (χ4v) is 9.54. The largest absolute Gasteiger partial charge is 0.453 e. The van der Waals surface area contributed by atoms with E-state index in [-0.39, 0.29) is 53.3 Å². The number of nitrogens with zero attached hydrogens (tertiary/aromatic N) is 4. The number of ether oxygens (including phenoxy) is 2. The van der Waals surface area contributed by atoms with Gasteiger partial charge in [-0.15, -0.1) is 0 Å². The summed E-state index contributed by atoms with van der Waals surface area (Å²) in [5, 5.41) is 5.34. The van der Waals surface area contributed by atoms with Crippen LogP contribution in [0, 0.1) is 17.8 Å². The number of nitrogens with one attached hydrogen (secondary N) is 4. The zero-order valence-corrected chi connectivity index (χ0v) is 39.0. The maximum Gasteiger partial charge on any atom is 0.407 e. The number of methoxy groups -OCH3 is 2. The summed E-state index contributed by atoms with van der Waals surface area (Å²) in [6, 6.07) is 12.7. The third-order valence-electron chi connectivity index (χ3n) is 13.2. The maximum absolute atomic E-state index is 16.7. The summed E-state index contributed by atoms with van der Waals surface area (Å²) >= 11 is 0. The molecule has 0 radical (unpaired) electrons. The first kappa shape index (κ1) is 47.6. The molecule has 3 heterocycles. The number of hydrogen-bond acceptors (Lipinski definition) is 9. The van der Waals surface area contributed by atoms with Crippen LogP contribution in [0.3, 0.4) is 0 Å². The summed E-state index contributed by atoms with van der Waals surface area (Å²) in [7, 11) is 2.50. The average Bonchev–Trinajstić information content (AvgIpc) is 4.10. The number of aromatic amines is 2. The molecule has 352 valence electrons. The van der Waals surface area contributed by atoms with Gasteiger partial charge in [0.2, 0.25) is 11.8 Å². The lowest BCUT2D eigenvalue weighted by atomic mass is 9.91. The number of aromatic nitrogens is 4. The normalized spacial score (nSPS) is 17.7. The third-order valence-corrected chi connectivity index (χ3v) is 13.2. The molecular weight excluding hydrogens is 849 g/mol. The molecule has 1 saturated heterocycles. The molecule has 0 unspecified atom stereocenters. The first-order valence-corrected chi connectivity index (χ1v) is 22.7. The maximum atomic E-state index is 16.7. The predicted octanol–water partition coefficient (Wildman–Crippen LogP) is 8.43. The van der Waals surface area contributed by atoms with Crippen LogP contribution in [-0.4, -0.2) is 99.2 Å². The number of H-pyrrole nitrogens is 2. The monoisotopic (exact) mass is 909 g/mol. The van der Waals surface area contributed by atoms with Crippen LogP contribution in [-0.2, 0) is 25.0 Å². The number of alkyl carbamates (subject to hydrolysis) is 2. The smallest absolute Gasteiger partial charge is 0.407 e. The molecule has 5 aromatic rings. The first-order chi connectivity index (χ1) is 31.4. The third kappa shape index (κ3) is 8.96. The van der Waals surface area contributed by atoms with Crippen LogP contribution in [0.2, 0.25) is 0 Å². The highest BCUT2D eigenvalue weighted by atomic mass is 19.3. The Kier molecular flexibility index (Phi) is 13.9. The minimum absolute atomic E-state index is 0.0455. The van der Waals surface area contributed by atoms with Crippen LogP contribution >= 0.6 is 0 Å². The van der Waals surface area contributed by atoms with E-state index in [0.29, 0.717) is 69.2 Å². The molecule has 1 aliphatic heterocycles. The van der Waals surface area contributed by atoms with E-state index >= 15 is 8.78 Å². The number of imidazole rings is 2. The lowest BCUT2D eigenvalue weighted by Crippen LogP contribution is -2.53. The van der Waals surface area contributed by atoms with Crippen molar-refractivity contribution in [2.24, 2.45) is 23.5 Å². The zero-order valence-electron chi connectivity index (χ0n) is 39.0. The molecule has 5 atom stereocenters. The number of fused-ring (bicyclic) bond motifs is 4. The average molecular weight is 910 g/mol. The number of nitrogens with two attached hydrogens (primary N) is 1.